The zero-order chi connectivity index (χ0) is 18.2. The second-order valence-electron chi connectivity index (χ2n) is 5.22. The average molecular weight is 384 g/mol. The number of fused-ring (bicyclic) bond motifs is 1. The van der Waals surface area contributed by atoms with Gasteiger partial charge in [-0.2, -0.15) is 0 Å². The van der Waals surface area contributed by atoms with E-state index in [0.717, 1.165) is 16.4 Å². The molecule has 0 saturated carbocycles. The summed E-state index contributed by atoms with van der Waals surface area (Å²) in [6.45, 7) is 0.653. The fourth-order valence-corrected chi connectivity index (χ4v) is 4.11. The molecule has 3 rings (SSSR count). The number of hydrogen-bond donors (Lipinski definition) is 1. The second-order valence-corrected chi connectivity index (χ2v) is 7.59. The van der Waals surface area contributed by atoms with Gasteiger partial charge in [-0.05, 0) is 30.3 Å². The lowest BCUT2D eigenvalue weighted by molar-refractivity contribution is 0.0692. The van der Waals surface area contributed by atoms with E-state index in [0.29, 0.717) is 18.1 Å². The molecule has 9 heteroatoms. The van der Waals surface area contributed by atoms with Crippen LogP contribution in [-0.2, 0) is 10.0 Å². The average Bonchev–Trinajstić information content (AvgIpc) is 2.60. The van der Waals surface area contributed by atoms with Crippen LogP contribution >= 0.6 is 11.6 Å². The number of anilines is 1. The second kappa shape index (κ2) is 6.45. The molecule has 0 unspecified atom stereocenters. The van der Waals surface area contributed by atoms with Crippen molar-refractivity contribution in [3.05, 3.63) is 47.0 Å². The lowest BCUT2D eigenvalue weighted by Crippen LogP contribution is -2.29. The Balaban J connectivity index is 2.13. The van der Waals surface area contributed by atoms with E-state index in [1.165, 1.54) is 13.1 Å². The van der Waals surface area contributed by atoms with Crippen LogP contribution in [0.5, 0.6) is 11.5 Å². The Kier molecular flexibility index (Phi) is 4.49. The zero-order valence-corrected chi connectivity index (χ0v) is 14.7. The SMILES string of the molecule is CN(c1cccc2c1OCCO2)S(=O)(=O)c1cc(Cl)ccc1C(=O)O. The molecule has 7 nitrogen and oxygen atoms in total. The smallest absolute Gasteiger partial charge is 0.337 e. The molecule has 25 heavy (non-hydrogen) atoms. The Bertz CT molecular complexity index is 944. The van der Waals surface area contributed by atoms with Crippen molar-refractivity contribution in [1.82, 2.24) is 0 Å². The lowest BCUT2D eigenvalue weighted by Gasteiger charge is -2.26. The van der Waals surface area contributed by atoms with Gasteiger partial charge in [-0.25, -0.2) is 13.2 Å². The maximum atomic E-state index is 13.0. The normalized spacial score (nSPS) is 13.4. The number of carboxylic acids is 1. The molecule has 1 N–H and O–H groups in total. The summed E-state index contributed by atoms with van der Waals surface area (Å²) in [6, 6.07) is 8.45. The Morgan fingerprint density at radius 1 is 1.20 bits per heavy atom. The summed E-state index contributed by atoms with van der Waals surface area (Å²) in [5.41, 5.74) is -0.119. The number of sulfonamides is 1. The van der Waals surface area contributed by atoms with E-state index in [2.05, 4.69) is 0 Å². The van der Waals surface area contributed by atoms with Crippen LogP contribution < -0.4 is 13.8 Å². The number of rotatable bonds is 4. The summed E-state index contributed by atoms with van der Waals surface area (Å²) >= 11 is 5.87. The highest BCUT2D eigenvalue weighted by atomic mass is 35.5. The first-order chi connectivity index (χ1) is 11.8. The van der Waals surface area contributed by atoms with Crippen molar-refractivity contribution in [3.8, 4) is 11.5 Å². The number of hydrogen-bond acceptors (Lipinski definition) is 5. The van der Waals surface area contributed by atoms with Gasteiger partial charge in [0.05, 0.1) is 11.3 Å². The van der Waals surface area contributed by atoms with Crippen LogP contribution in [0.1, 0.15) is 10.4 Å². The molecule has 0 amide bonds. The van der Waals surface area contributed by atoms with Crippen molar-refractivity contribution in [2.75, 3.05) is 24.6 Å². The Hall–Kier alpha value is -2.45. The number of nitrogens with zero attached hydrogens (tertiary/aromatic N) is 1. The number of carbonyl (C=O) groups is 1. The molecular formula is C16H14ClNO6S. The molecule has 0 bridgehead atoms. The number of aromatic carboxylic acids is 1. The van der Waals surface area contributed by atoms with Gasteiger partial charge < -0.3 is 14.6 Å². The van der Waals surface area contributed by atoms with Crippen molar-refractivity contribution in [1.29, 1.82) is 0 Å². The maximum Gasteiger partial charge on any atom is 0.337 e. The standard InChI is InChI=1S/C16H14ClNO6S/c1-18(12-3-2-4-13-15(12)24-8-7-23-13)25(21,22)14-9-10(17)5-6-11(14)16(19)20/h2-6,9H,7-8H2,1H3,(H,19,20). The number of carboxylic acid groups (broad SMARTS) is 1. The first-order valence-corrected chi connectivity index (χ1v) is 9.04. The summed E-state index contributed by atoms with van der Waals surface area (Å²) in [5.74, 6) is -0.646. The monoisotopic (exact) mass is 383 g/mol. The molecule has 0 saturated heterocycles. The van der Waals surface area contributed by atoms with E-state index < -0.39 is 20.9 Å². The van der Waals surface area contributed by atoms with Gasteiger partial charge in [0.2, 0.25) is 0 Å². The highest BCUT2D eigenvalue weighted by molar-refractivity contribution is 7.92. The minimum atomic E-state index is -4.19. The molecule has 0 aromatic heterocycles. The summed E-state index contributed by atoms with van der Waals surface area (Å²) in [7, 11) is -2.88. The summed E-state index contributed by atoms with van der Waals surface area (Å²) in [4.78, 5) is 11.0. The van der Waals surface area contributed by atoms with Gasteiger partial charge in [-0.15, -0.1) is 0 Å². The van der Waals surface area contributed by atoms with E-state index in [-0.39, 0.29) is 22.9 Å². The number of benzene rings is 2. The Morgan fingerprint density at radius 3 is 2.64 bits per heavy atom. The molecular weight excluding hydrogens is 370 g/mol. The molecule has 1 heterocycles. The van der Waals surface area contributed by atoms with Gasteiger partial charge in [-0.3, -0.25) is 4.31 Å². The molecule has 0 atom stereocenters. The molecule has 0 spiro atoms. The first-order valence-electron chi connectivity index (χ1n) is 7.23. The predicted molar refractivity (Wildman–Crippen MR) is 91.4 cm³/mol. The van der Waals surface area contributed by atoms with Crippen molar-refractivity contribution in [2.24, 2.45) is 0 Å². The first kappa shape index (κ1) is 17.4. The van der Waals surface area contributed by atoms with E-state index >= 15 is 0 Å². The van der Waals surface area contributed by atoms with E-state index in [1.54, 1.807) is 18.2 Å². The number of para-hydroxylation sites is 1. The molecule has 2 aromatic rings. The fraction of sp³-hybridized carbons (Fsp3) is 0.188. The third-order valence-electron chi connectivity index (χ3n) is 3.70. The van der Waals surface area contributed by atoms with Gasteiger partial charge in [0.25, 0.3) is 10.0 Å². The topological polar surface area (TPSA) is 93.1 Å². The maximum absolute atomic E-state index is 13.0. The quantitative estimate of drug-likeness (QED) is 0.872. The number of halogens is 1. The minimum Gasteiger partial charge on any atom is -0.486 e. The third kappa shape index (κ3) is 3.10. The van der Waals surface area contributed by atoms with E-state index in [9.17, 15) is 18.3 Å². The summed E-state index contributed by atoms with van der Waals surface area (Å²) < 4.78 is 38.0. The van der Waals surface area contributed by atoms with Crippen LogP contribution in [0.3, 0.4) is 0 Å². The van der Waals surface area contributed by atoms with Crippen LogP contribution in [0.4, 0.5) is 5.69 Å². The largest absolute Gasteiger partial charge is 0.486 e. The van der Waals surface area contributed by atoms with Crippen LogP contribution in [-0.4, -0.2) is 39.8 Å². The van der Waals surface area contributed by atoms with Crippen molar-refractivity contribution in [2.45, 2.75) is 4.90 Å². The van der Waals surface area contributed by atoms with Crippen molar-refractivity contribution >= 4 is 33.3 Å². The molecule has 1 aliphatic rings. The van der Waals surface area contributed by atoms with Crippen LogP contribution in [0, 0.1) is 0 Å². The molecule has 132 valence electrons. The molecule has 0 fully saturated rings. The minimum absolute atomic E-state index is 0.117. The Labute approximate surface area is 149 Å². The van der Waals surface area contributed by atoms with E-state index in [4.69, 9.17) is 21.1 Å². The molecule has 0 aliphatic carbocycles. The van der Waals surface area contributed by atoms with E-state index in [1.807, 2.05) is 0 Å². The Morgan fingerprint density at radius 2 is 1.92 bits per heavy atom. The van der Waals surface area contributed by atoms with Gasteiger partial charge >= 0.3 is 5.97 Å². The summed E-state index contributed by atoms with van der Waals surface area (Å²) in [6.07, 6.45) is 0. The van der Waals surface area contributed by atoms with Gasteiger partial charge in [0.1, 0.15) is 18.1 Å². The highest BCUT2D eigenvalue weighted by Crippen LogP contribution is 2.41. The highest BCUT2D eigenvalue weighted by Gasteiger charge is 2.30. The number of ether oxygens (including phenoxy) is 2. The van der Waals surface area contributed by atoms with Crippen LogP contribution in [0.25, 0.3) is 0 Å². The third-order valence-corrected chi connectivity index (χ3v) is 5.74. The molecule has 2 aromatic carbocycles. The van der Waals surface area contributed by atoms with Gasteiger partial charge in [0.15, 0.2) is 11.5 Å². The van der Waals surface area contributed by atoms with Crippen LogP contribution in [0.2, 0.25) is 5.02 Å². The summed E-state index contributed by atoms with van der Waals surface area (Å²) in [5, 5.41) is 9.41. The molecule has 1 aliphatic heterocycles. The zero-order valence-electron chi connectivity index (χ0n) is 13.1. The predicted octanol–water partition coefficient (Wildman–Crippen LogP) is 2.63. The van der Waals surface area contributed by atoms with Gasteiger partial charge in [-0.1, -0.05) is 17.7 Å². The lowest BCUT2D eigenvalue weighted by atomic mass is 10.2. The van der Waals surface area contributed by atoms with Gasteiger partial charge in [0, 0.05) is 12.1 Å². The van der Waals surface area contributed by atoms with Crippen molar-refractivity contribution < 1.29 is 27.8 Å². The van der Waals surface area contributed by atoms with Crippen molar-refractivity contribution in [3.63, 3.8) is 0 Å². The van der Waals surface area contributed by atoms with Crippen LogP contribution in [0.15, 0.2) is 41.3 Å². The fourth-order valence-electron chi connectivity index (χ4n) is 2.47. The molecule has 0 radical (unpaired) electrons.